The predicted octanol–water partition coefficient (Wildman–Crippen LogP) is 5.19. The van der Waals surface area contributed by atoms with Crippen LogP contribution in [0.3, 0.4) is 0 Å². The third-order valence-corrected chi connectivity index (χ3v) is 6.20. The van der Waals surface area contributed by atoms with Crippen molar-refractivity contribution in [1.29, 1.82) is 0 Å². The Hall–Kier alpha value is -4.28. The number of hydrogen-bond donors (Lipinski definition) is 1. The summed E-state index contributed by atoms with van der Waals surface area (Å²) in [5.41, 5.74) is 1.23. The van der Waals surface area contributed by atoms with Crippen LogP contribution in [0.1, 0.15) is 34.0 Å². The molecule has 0 spiro atoms. The van der Waals surface area contributed by atoms with Gasteiger partial charge in [0, 0.05) is 24.9 Å². The highest BCUT2D eigenvalue weighted by molar-refractivity contribution is 6.06. The molecule has 0 saturated carbocycles. The third kappa shape index (κ3) is 3.86. The Balaban J connectivity index is 1.40. The summed E-state index contributed by atoms with van der Waals surface area (Å²) >= 11 is 0. The lowest BCUT2D eigenvalue weighted by Crippen LogP contribution is -2.18. The molecule has 1 aliphatic rings. The zero-order chi connectivity index (χ0) is 25.0. The Morgan fingerprint density at radius 1 is 1.06 bits per heavy atom. The lowest BCUT2D eigenvalue weighted by Gasteiger charge is -2.12. The van der Waals surface area contributed by atoms with E-state index in [2.05, 4.69) is 20.3 Å². The Kier molecular flexibility index (Phi) is 5.02. The summed E-state index contributed by atoms with van der Waals surface area (Å²) in [6.45, 7) is 0.793. The second kappa shape index (κ2) is 8.14. The standard InChI is InChI=1S/C25H18F4N6O/c26-16-4-1-3-14(9-16)13-35-19(10-15-6-7-20(25(27,28)29)33-22(15)35)24(36)31-17-11-18-23(30-12-17)34-8-2-5-21(34)32-18/h1,3-4,6-7,9-12H,2,5,8,13H2,(H,31,36). The minimum absolute atomic E-state index is 0.0293. The number of amides is 1. The van der Waals surface area contributed by atoms with E-state index in [1.54, 1.807) is 12.1 Å². The minimum Gasteiger partial charge on any atom is -0.319 e. The molecule has 1 aliphatic heterocycles. The average molecular weight is 494 g/mol. The van der Waals surface area contributed by atoms with Crippen LogP contribution in [0.4, 0.5) is 23.2 Å². The van der Waals surface area contributed by atoms with Crippen molar-refractivity contribution in [2.75, 3.05) is 5.32 Å². The highest BCUT2D eigenvalue weighted by Gasteiger charge is 2.33. The Bertz CT molecular complexity index is 1650. The fourth-order valence-corrected chi connectivity index (χ4v) is 4.59. The summed E-state index contributed by atoms with van der Waals surface area (Å²) in [5, 5.41) is 3.11. The van der Waals surface area contributed by atoms with Gasteiger partial charge in [-0.15, -0.1) is 0 Å². The fraction of sp³-hybridized carbons (Fsp3) is 0.200. The van der Waals surface area contributed by atoms with Crippen LogP contribution in [-0.2, 0) is 25.7 Å². The Labute approximate surface area is 201 Å². The second-order valence-corrected chi connectivity index (χ2v) is 8.66. The molecule has 0 aliphatic carbocycles. The number of alkyl halides is 3. The van der Waals surface area contributed by atoms with Crippen LogP contribution in [0.15, 0.2) is 54.7 Å². The normalized spacial score (nSPS) is 13.4. The third-order valence-electron chi connectivity index (χ3n) is 6.20. The molecule has 0 fully saturated rings. The summed E-state index contributed by atoms with van der Waals surface area (Å²) in [5.74, 6) is -0.112. The summed E-state index contributed by atoms with van der Waals surface area (Å²) in [6.07, 6.45) is -1.26. The first-order valence-electron chi connectivity index (χ1n) is 11.2. The molecular formula is C25H18F4N6O. The van der Waals surface area contributed by atoms with Gasteiger partial charge in [-0.25, -0.2) is 19.3 Å². The van der Waals surface area contributed by atoms with Crippen molar-refractivity contribution < 1.29 is 22.4 Å². The molecule has 182 valence electrons. The number of pyridine rings is 2. The second-order valence-electron chi connectivity index (χ2n) is 8.66. The molecule has 1 amide bonds. The van der Waals surface area contributed by atoms with Gasteiger partial charge in [-0.3, -0.25) is 4.79 Å². The van der Waals surface area contributed by atoms with Crippen LogP contribution in [0.2, 0.25) is 0 Å². The Morgan fingerprint density at radius 3 is 2.72 bits per heavy atom. The molecule has 4 aromatic heterocycles. The van der Waals surface area contributed by atoms with E-state index in [1.165, 1.54) is 41.1 Å². The number of halogens is 4. The van der Waals surface area contributed by atoms with Gasteiger partial charge in [0.25, 0.3) is 5.91 Å². The van der Waals surface area contributed by atoms with Crippen molar-refractivity contribution in [2.45, 2.75) is 32.1 Å². The number of carbonyl (C=O) groups excluding carboxylic acids is 1. The van der Waals surface area contributed by atoms with Gasteiger partial charge < -0.3 is 14.5 Å². The van der Waals surface area contributed by atoms with Gasteiger partial charge in [-0.1, -0.05) is 12.1 Å². The molecule has 5 heterocycles. The maximum absolute atomic E-state index is 13.8. The number of aromatic nitrogens is 5. The summed E-state index contributed by atoms with van der Waals surface area (Å²) < 4.78 is 57.3. The number of benzene rings is 1. The molecule has 7 nitrogen and oxygen atoms in total. The molecule has 6 rings (SSSR count). The molecule has 0 radical (unpaired) electrons. The molecule has 0 saturated heterocycles. The maximum Gasteiger partial charge on any atom is 0.433 e. The van der Waals surface area contributed by atoms with E-state index in [9.17, 15) is 22.4 Å². The van der Waals surface area contributed by atoms with E-state index < -0.39 is 23.6 Å². The van der Waals surface area contributed by atoms with Crippen LogP contribution in [0.25, 0.3) is 22.2 Å². The van der Waals surface area contributed by atoms with E-state index in [-0.39, 0.29) is 17.9 Å². The van der Waals surface area contributed by atoms with Crippen molar-refractivity contribution in [3.63, 3.8) is 0 Å². The summed E-state index contributed by atoms with van der Waals surface area (Å²) in [6, 6.07) is 11.0. The molecule has 1 N–H and O–H groups in total. The van der Waals surface area contributed by atoms with Crippen molar-refractivity contribution in [2.24, 2.45) is 0 Å². The van der Waals surface area contributed by atoms with Gasteiger partial charge in [-0.05, 0) is 48.4 Å². The number of nitrogens with zero attached hydrogens (tertiary/aromatic N) is 5. The Morgan fingerprint density at radius 2 is 1.92 bits per heavy atom. The summed E-state index contributed by atoms with van der Waals surface area (Å²) in [7, 11) is 0. The van der Waals surface area contributed by atoms with Crippen molar-refractivity contribution in [3.8, 4) is 0 Å². The number of fused-ring (bicyclic) bond motifs is 4. The number of nitrogens with one attached hydrogen (secondary N) is 1. The van der Waals surface area contributed by atoms with E-state index in [0.29, 0.717) is 22.2 Å². The quantitative estimate of drug-likeness (QED) is 0.349. The fourth-order valence-electron chi connectivity index (χ4n) is 4.59. The van der Waals surface area contributed by atoms with E-state index >= 15 is 0 Å². The zero-order valence-electron chi connectivity index (χ0n) is 18.7. The topological polar surface area (TPSA) is 77.6 Å². The number of carbonyl (C=O) groups is 1. The molecule has 5 aromatic rings. The van der Waals surface area contributed by atoms with Crippen molar-refractivity contribution in [3.05, 3.63) is 83.3 Å². The predicted molar refractivity (Wildman–Crippen MR) is 124 cm³/mol. The van der Waals surface area contributed by atoms with E-state index in [4.69, 9.17) is 0 Å². The first kappa shape index (κ1) is 22.2. The average Bonchev–Trinajstić information content (AvgIpc) is 3.51. The van der Waals surface area contributed by atoms with Crippen molar-refractivity contribution in [1.82, 2.24) is 24.1 Å². The van der Waals surface area contributed by atoms with Crippen LogP contribution in [-0.4, -0.2) is 30.0 Å². The molecule has 11 heteroatoms. The van der Waals surface area contributed by atoms with Crippen LogP contribution in [0, 0.1) is 5.82 Å². The molecule has 0 bridgehead atoms. The number of rotatable bonds is 4. The van der Waals surface area contributed by atoms with Crippen molar-refractivity contribution >= 4 is 33.8 Å². The van der Waals surface area contributed by atoms with Gasteiger partial charge in [0.05, 0.1) is 11.9 Å². The maximum atomic E-state index is 13.8. The lowest BCUT2D eigenvalue weighted by atomic mass is 10.2. The highest BCUT2D eigenvalue weighted by Crippen LogP contribution is 2.31. The number of aryl methyl sites for hydroxylation is 2. The van der Waals surface area contributed by atoms with E-state index in [1.807, 2.05) is 4.57 Å². The molecule has 0 atom stereocenters. The number of anilines is 1. The largest absolute Gasteiger partial charge is 0.433 e. The van der Waals surface area contributed by atoms with Gasteiger partial charge in [0.2, 0.25) is 0 Å². The first-order valence-corrected chi connectivity index (χ1v) is 11.2. The van der Waals surface area contributed by atoms with Gasteiger partial charge in [0.15, 0.2) is 5.65 Å². The molecule has 1 aromatic carbocycles. The van der Waals surface area contributed by atoms with Crippen LogP contribution in [0.5, 0.6) is 0 Å². The molecule has 0 unspecified atom stereocenters. The van der Waals surface area contributed by atoms with Crippen LogP contribution >= 0.6 is 0 Å². The SMILES string of the molecule is O=C(Nc1cnc2c(c1)nc1n2CCC1)c1cc2ccc(C(F)(F)F)nc2n1Cc1cccc(F)c1. The van der Waals surface area contributed by atoms with E-state index in [0.717, 1.165) is 36.9 Å². The molecule has 36 heavy (non-hydrogen) atoms. The monoisotopic (exact) mass is 494 g/mol. The minimum atomic E-state index is -4.66. The van der Waals surface area contributed by atoms with Gasteiger partial charge in [0.1, 0.15) is 34.2 Å². The zero-order valence-corrected chi connectivity index (χ0v) is 18.7. The number of hydrogen-bond acceptors (Lipinski definition) is 4. The van der Waals surface area contributed by atoms with Gasteiger partial charge in [-0.2, -0.15) is 13.2 Å². The number of imidazole rings is 1. The molecular weight excluding hydrogens is 476 g/mol. The first-order chi connectivity index (χ1) is 17.3. The van der Waals surface area contributed by atoms with Crippen LogP contribution < -0.4 is 5.32 Å². The lowest BCUT2D eigenvalue weighted by molar-refractivity contribution is -0.141. The highest BCUT2D eigenvalue weighted by atomic mass is 19.4. The summed E-state index contributed by atoms with van der Waals surface area (Å²) in [4.78, 5) is 26.1. The van der Waals surface area contributed by atoms with Gasteiger partial charge >= 0.3 is 6.18 Å². The smallest absolute Gasteiger partial charge is 0.319 e.